The summed E-state index contributed by atoms with van der Waals surface area (Å²) in [6.45, 7) is 4.00. The molecule has 1 aromatic rings. The van der Waals surface area contributed by atoms with Crippen LogP contribution in [0.1, 0.15) is 31.9 Å². The second kappa shape index (κ2) is 5.82. The zero-order chi connectivity index (χ0) is 13.0. The van der Waals surface area contributed by atoms with Crippen LogP contribution in [0.3, 0.4) is 0 Å². The number of rotatable bonds is 3. The van der Waals surface area contributed by atoms with Crippen LogP contribution < -0.4 is 0 Å². The van der Waals surface area contributed by atoms with Gasteiger partial charge < -0.3 is 4.57 Å². The Morgan fingerprint density at radius 2 is 2.24 bits per heavy atom. The molecule has 5 heteroatoms. The van der Waals surface area contributed by atoms with E-state index in [1.165, 1.54) is 12.2 Å². The van der Waals surface area contributed by atoms with Crippen molar-refractivity contribution >= 4 is 5.91 Å². The molecule has 2 unspecified atom stereocenters. The van der Waals surface area contributed by atoms with Crippen LogP contribution >= 0.6 is 0 Å². The average molecular weight is 239 g/mol. The van der Waals surface area contributed by atoms with E-state index in [4.69, 9.17) is 4.84 Å². The summed E-state index contributed by atoms with van der Waals surface area (Å²) in [5.41, 5.74) is 1.00. The van der Waals surface area contributed by atoms with Gasteiger partial charge in [-0.1, -0.05) is 13.8 Å². The van der Waals surface area contributed by atoms with Crippen molar-refractivity contribution in [3.8, 4) is 0 Å². The van der Waals surface area contributed by atoms with E-state index in [9.17, 15) is 4.79 Å². The second-order valence-electron chi connectivity index (χ2n) is 3.93. The Morgan fingerprint density at radius 3 is 2.71 bits per heavy atom. The van der Waals surface area contributed by atoms with E-state index < -0.39 is 0 Å². The van der Waals surface area contributed by atoms with Gasteiger partial charge in [0.25, 0.3) is 0 Å². The van der Waals surface area contributed by atoms with Gasteiger partial charge in [-0.15, -0.1) is 0 Å². The van der Waals surface area contributed by atoms with E-state index >= 15 is 0 Å². The van der Waals surface area contributed by atoms with Gasteiger partial charge in [0, 0.05) is 32.1 Å². The number of hydrogen-bond acceptors (Lipinski definition) is 3. The highest BCUT2D eigenvalue weighted by molar-refractivity contribution is 5.81. The molecule has 0 aliphatic heterocycles. The molecule has 1 aromatic heterocycles. The molecule has 0 radical (unpaired) electrons. The Kier molecular flexibility index (Phi) is 4.69. The molecule has 0 spiro atoms. The highest BCUT2D eigenvalue weighted by Crippen LogP contribution is 2.47. The first kappa shape index (κ1) is 13.7. The lowest BCUT2D eigenvalue weighted by molar-refractivity contribution is -0.170. The monoisotopic (exact) mass is 239 g/mol. The predicted octanol–water partition coefficient (Wildman–Crippen LogP) is 1.57. The van der Waals surface area contributed by atoms with Crippen molar-refractivity contribution in [2.24, 2.45) is 13.0 Å². The lowest BCUT2D eigenvalue weighted by Gasteiger charge is -2.12. The molecule has 0 saturated heterocycles. The summed E-state index contributed by atoms with van der Waals surface area (Å²) >= 11 is 0. The third kappa shape index (κ3) is 3.06. The van der Waals surface area contributed by atoms with Gasteiger partial charge in [-0.2, -0.15) is 0 Å². The fourth-order valence-corrected chi connectivity index (χ4v) is 1.74. The number of carbonyl (C=O) groups excluding carboxylic acids is 1. The van der Waals surface area contributed by atoms with Gasteiger partial charge in [-0.25, -0.2) is 10.0 Å². The number of aryl methyl sites for hydroxylation is 1. The maximum Gasteiger partial charge on any atom is 0.249 e. The minimum Gasteiger partial charge on any atom is -0.340 e. The van der Waals surface area contributed by atoms with Gasteiger partial charge in [-0.05, 0) is 6.42 Å². The SMILES string of the molecule is CC.CON(C)C(=O)C1CC1c1cn(C)cn1. The van der Waals surface area contributed by atoms with Crippen molar-refractivity contribution in [2.75, 3.05) is 14.2 Å². The van der Waals surface area contributed by atoms with Gasteiger partial charge in [0.05, 0.1) is 19.1 Å². The second-order valence-corrected chi connectivity index (χ2v) is 3.93. The molecule has 96 valence electrons. The topological polar surface area (TPSA) is 47.4 Å². The Bertz CT molecular complexity index is 376. The molecule has 1 aliphatic carbocycles. The van der Waals surface area contributed by atoms with Crippen LogP contribution in [-0.4, -0.2) is 34.7 Å². The molecule has 2 rings (SSSR count). The van der Waals surface area contributed by atoms with Crippen LogP contribution in [0.2, 0.25) is 0 Å². The number of amides is 1. The number of imidazole rings is 1. The van der Waals surface area contributed by atoms with E-state index in [-0.39, 0.29) is 17.7 Å². The molecular formula is C12H21N3O2. The van der Waals surface area contributed by atoms with Gasteiger partial charge in [0.1, 0.15) is 0 Å². The normalized spacial score (nSPS) is 21.5. The molecule has 1 fully saturated rings. The lowest BCUT2D eigenvalue weighted by Crippen LogP contribution is -2.27. The molecule has 1 amide bonds. The molecule has 17 heavy (non-hydrogen) atoms. The highest BCUT2D eigenvalue weighted by atomic mass is 16.7. The lowest BCUT2D eigenvalue weighted by atomic mass is 10.2. The van der Waals surface area contributed by atoms with E-state index in [1.807, 2.05) is 31.7 Å². The van der Waals surface area contributed by atoms with Gasteiger partial charge in [-0.3, -0.25) is 9.63 Å². The fraction of sp³-hybridized carbons (Fsp3) is 0.667. The van der Waals surface area contributed by atoms with Gasteiger partial charge >= 0.3 is 0 Å². The maximum atomic E-state index is 11.7. The van der Waals surface area contributed by atoms with E-state index in [2.05, 4.69) is 4.98 Å². The summed E-state index contributed by atoms with van der Waals surface area (Å²) in [5.74, 6) is 0.356. The first-order valence-corrected chi connectivity index (χ1v) is 5.93. The van der Waals surface area contributed by atoms with Crippen molar-refractivity contribution in [2.45, 2.75) is 26.2 Å². The summed E-state index contributed by atoms with van der Waals surface area (Å²) in [4.78, 5) is 20.8. The molecule has 1 saturated carbocycles. The van der Waals surface area contributed by atoms with Crippen LogP contribution in [0.5, 0.6) is 0 Å². The van der Waals surface area contributed by atoms with Crippen LogP contribution in [0, 0.1) is 5.92 Å². The quantitative estimate of drug-likeness (QED) is 0.752. The molecule has 5 nitrogen and oxygen atoms in total. The molecule has 0 bridgehead atoms. The van der Waals surface area contributed by atoms with E-state index in [1.54, 1.807) is 13.4 Å². The Morgan fingerprint density at radius 1 is 1.59 bits per heavy atom. The molecule has 0 N–H and O–H groups in total. The Labute approximate surface area is 102 Å². The first-order chi connectivity index (χ1) is 8.13. The zero-order valence-corrected chi connectivity index (χ0v) is 11.2. The summed E-state index contributed by atoms with van der Waals surface area (Å²) in [6, 6.07) is 0. The number of aromatic nitrogens is 2. The number of hydroxylamine groups is 2. The van der Waals surface area contributed by atoms with Crippen LogP contribution in [-0.2, 0) is 16.7 Å². The number of hydrogen-bond donors (Lipinski definition) is 0. The first-order valence-electron chi connectivity index (χ1n) is 5.93. The standard InChI is InChI=1S/C10H15N3O2.C2H6/c1-12-5-9(11-6-12)7-4-8(7)10(14)13(2)15-3;1-2/h5-8H,4H2,1-3H3;1-2H3. The van der Waals surface area contributed by atoms with Crippen LogP contribution in [0.4, 0.5) is 0 Å². The average Bonchev–Trinajstić information content (AvgIpc) is 3.05. The van der Waals surface area contributed by atoms with Gasteiger partial charge in [0.2, 0.25) is 5.91 Å². The Balaban J connectivity index is 0.000000686. The van der Waals surface area contributed by atoms with E-state index in [0.29, 0.717) is 0 Å². The Hall–Kier alpha value is -1.36. The molecule has 2 atom stereocenters. The molecule has 0 aromatic carbocycles. The maximum absolute atomic E-state index is 11.7. The van der Waals surface area contributed by atoms with Crippen LogP contribution in [0.15, 0.2) is 12.5 Å². The third-order valence-electron chi connectivity index (χ3n) is 2.80. The molecular weight excluding hydrogens is 218 g/mol. The van der Waals surface area contributed by atoms with Crippen LogP contribution in [0.25, 0.3) is 0 Å². The summed E-state index contributed by atoms with van der Waals surface area (Å²) in [7, 11) is 5.06. The predicted molar refractivity (Wildman–Crippen MR) is 65.2 cm³/mol. The molecule has 1 heterocycles. The summed E-state index contributed by atoms with van der Waals surface area (Å²) < 4.78 is 1.90. The molecule has 1 aliphatic rings. The smallest absolute Gasteiger partial charge is 0.249 e. The van der Waals surface area contributed by atoms with Crippen molar-refractivity contribution in [1.29, 1.82) is 0 Å². The fourth-order valence-electron chi connectivity index (χ4n) is 1.74. The van der Waals surface area contributed by atoms with Crippen molar-refractivity contribution in [3.63, 3.8) is 0 Å². The zero-order valence-electron chi connectivity index (χ0n) is 11.2. The van der Waals surface area contributed by atoms with Crippen molar-refractivity contribution in [3.05, 3.63) is 18.2 Å². The van der Waals surface area contributed by atoms with Gasteiger partial charge in [0.15, 0.2) is 0 Å². The van der Waals surface area contributed by atoms with Crippen molar-refractivity contribution < 1.29 is 9.63 Å². The minimum atomic E-state index is 0.0353. The number of carbonyl (C=O) groups is 1. The third-order valence-corrected chi connectivity index (χ3v) is 2.80. The summed E-state index contributed by atoms with van der Waals surface area (Å²) in [5, 5.41) is 1.29. The van der Waals surface area contributed by atoms with Crippen molar-refractivity contribution in [1.82, 2.24) is 14.6 Å². The number of nitrogens with zero attached hydrogens (tertiary/aromatic N) is 3. The minimum absolute atomic E-state index is 0.0353. The largest absolute Gasteiger partial charge is 0.340 e. The summed E-state index contributed by atoms with van der Waals surface area (Å²) in [6.07, 6.45) is 4.60. The highest BCUT2D eigenvalue weighted by Gasteiger charge is 2.46. The van der Waals surface area contributed by atoms with E-state index in [0.717, 1.165) is 12.1 Å².